The fourth-order valence-corrected chi connectivity index (χ4v) is 1.73. The van der Waals surface area contributed by atoms with Crippen molar-refractivity contribution in [3.05, 3.63) is 28.3 Å². The summed E-state index contributed by atoms with van der Waals surface area (Å²) in [6, 6.07) is 3.47. The van der Waals surface area contributed by atoms with Gasteiger partial charge in [0.05, 0.1) is 23.8 Å². The first-order valence-corrected chi connectivity index (χ1v) is 6.47. The van der Waals surface area contributed by atoms with E-state index in [9.17, 15) is 24.5 Å². The van der Waals surface area contributed by atoms with Gasteiger partial charge >= 0.3 is 11.8 Å². The molecule has 0 aromatic heterocycles. The number of amides is 3. The van der Waals surface area contributed by atoms with Gasteiger partial charge < -0.3 is 15.8 Å². The fraction of sp³-hybridized carbons (Fsp3) is 0.308. The van der Waals surface area contributed by atoms with Crippen molar-refractivity contribution in [2.75, 3.05) is 25.5 Å². The van der Waals surface area contributed by atoms with Crippen LogP contribution in [0.4, 0.5) is 11.4 Å². The van der Waals surface area contributed by atoms with E-state index in [1.54, 1.807) is 0 Å². The van der Waals surface area contributed by atoms with Gasteiger partial charge in [-0.15, -0.1) is 0 Å². The number of anilines is 1. The number of ether oxygens (including phenoxy) is 1. The van der Waals surface area contributed by atoms with Crippen molar-refractivity contribution in [2.45, 2.75) is 6.92 Å². The van der Waals surface area contributed by atoms with Gasteiger partial charge in [0.25, 0.3) is 5.69 Å². The number of nitrogens with two attached hydrogens (primary N) is 1. The molecule has 0 aliphatic rings. The average molecular weight is 324 g/mol. The third-order valence-corrected chi connectivity index (χ3v) is 2.82. The van der Waals surface area contributed by atoms with Gasteiger partial charge in [-0.1, -0.05) is 0 Å². The lowest BCUT2D eigenvalue weighted by Gasteiger charge is -2.17. The number of non-ortho nitro benzene ring substituents is 1. The van der Waals surface area contributed by atoms with Crippen LogP contribution in [-0.4, -0.2) is 47.7 Å². The molecule has 0 aliphatic heterocycles. The molecule has 0 spiro atoms. The molecule has 3 N–H and O–H groups in total. The van der Waals surface area contributed by atoms with Crippen LogP contribution in [-0.2, 0) is 14.4 Å². The molecule has 0 saturated heterocycles. The van der Waals surface area contributed by atoms with Crippen LogP contribution in [0.1, 0.15) is 6.92 Å². The Morgan fingerprint density at radius 1 is 1.39 bits per heavy atom. The first kappa shape index (κ1) is 18.0. The minimum atomic E-state index is -1.08. The topological polar surface area (TPSA) is 145 Å². The summed E-state index contributed by atoms with van der Waals surface area (Å²) in [7, 11) is 1.26. The predicted molar refractivity (Wildman–Crippen MR) is 79.7 cm³/mol. The Kier molecular flexibility index (Phi) is 6.15. The monoisotopic (exact) mass is 324 g/mol. The van der Waals surface area contributed by atoms with E-state index in [4.69, 9.17) is 10.5 Å². The minimum absolute atomic E-state index is 0.00792. The molecule has 0 bridgehead atoms. The number of hydrogen-bond acceptors (Lipinski definition) is 7. The van der Waals surface area contributed by atoms with Crippen LogP contribution in [0, 0.1) is 10.1 Å². The van der Waals surface area contributed by atoms with Gasteiger partial charge in [0, 0.05) is 26.1 Å². The quantitative estimate of drug-likeness (QED) is 0.436. The molecule has 10 heteroatoms. The Bertz CT molecular complexity index is 645. The van der Waals surface area contributed by atoms with E-state index < -0.39 is 22.6 Å². The fourth-order valence-electron chi connectivity index (χ4n) is 1.73. The SMILES string of the molecule is COc1cc([N+](=O)[O-])ccc1NC(=O)C(=O)N(CCN)C(C)=O. The van der Waals surface area contributed by atoms with Crippen LogP contribution >= 0.6 is 0 Å². The summed E-state index contributed by atoms with van der Waals surface area (Å²) >= 11 is 0. The highest BCUT2D eigenvalue weighted by molar-refractivity contribution is 6.41. The van der Waals surface area contributed by atoms with Gasteiger partial charge in [-0.3, -0.25) is 29.4 Å². The van der Waals surface area contributed by atoms with Crippen molar-refractivity contribution >= 4 is 29.1 Å². The third-order valence-electron chi connectivity index (χ3n) is 2.82. The molecule has 0 aliphatic carbocycles. The predicted octanol–water partition coefficient (Wildman–Crippen LogP) is -0.124. The van der Waals surface area contributed by atoms with Crippen molar-refractivity contribution in [3.8, 4) is 5.75 Å². The number of nitro groups is 1. The molecule has 1 aromatic rings. The van der Waals surface area contributed by atoms with E-state index in [0.717, 1.165) is 19.1 Å². The van der Waals surface area contributed by atoms with E-state index in [0.29, 0.717) is 4.90 Å². The average Bonchev–Trinajstić information content (AvgIpc) is 2.51. The molecular formula is C13H16N4O6. The summed E-state index contributed by atoms with van der Waals surface area (Å²) in [5.74, 6) is -2.77. The zero-order valence-electron chi connectivity index (χ0n) is 12.6. The number of imide groups is 1. The maximum absolute atomic E-state index is 11.9. The Morgan fingerprint density at radius 3 is 2.52 bits per heavy atom. The number of nitro benzene ring substituents is 1. The highest BCUT2D eigenvalue weighted by atomic mass is 16.6. The van der Waals surface area contributed by atoms with Gasteiger partial charge in [0.1, 0.15) is 5.75 Å². The molecule has 0 unspecified atom stereocenters. The second-order valence-electron chi connectivity index (χ2n) is 4.36. The molecule has 0 heterocycles. The lowest BCUT2D eigenvalue weighted by Crippen LogP contribution is -2.44. The van der Waals surface area contributed by atoms with Crippen LogP contribution < -0.4 is 15.8 Å². The summed E-state index contributed by atoms with van der Waals surface area (Å²) in [4.78, 5) is 46.0. The molecule has 124 valence electrons. The lowest BCUT2D eigenvalue weighted by molar-refractivity contribution is -0.384. The molecule has 23 heavy (non-hydrogen) atoms. The maximum Gasteiger partial charge on any atom is 0.318 e. The highest BCUT2D eigenvalue weighted by Crippen LogP contribution is 2.28. The van der Waals surface area contributed by atoms with Crippen molar-refractivity contribution in [2.24, 2.45) is 5.73 Å². The number of hydrogen-bond donors (Lipinski definition) is 2. The van der Waals surface area contributed by atoms with E-state index in [1.165, 1.54) is 13.2 Å². The molecule has 3 amide bonds. The summed E-state index contributed by atoms with van der Waals surface area (Å²) < 4.78 is 4.94. The number of rotatable bonds is 5. The standard InChI is InChI=1S/C13H16N4O6/c1-8(18)16(6-5-14)13(20)12(19)15-10-4-3-9(17(21)22)7-11(10)23-2/h3-4,7H,5-6,14H2,1-2H3,(H,15,19). The second-order valence-corrected chi connectivity index (χ2v) is 4.36. The molecule has 0 radical (unpaired) electrons. The molecule has 0 fully saturated rings. The second kappa shape index (κ2) is 7.84. The van der Waals surface area contributed by atoms with Crippen molar-refractivity contribution in [1.29, 1.82) is 0 Å². The lowest BCUT2D eigenvalue weighted by atomic mass is 10.2. The summed E-state index contributed by atoms with van der Waals surface area (Å²) in [6.07, 6.45) is 0. The van der Waals surface area contributed by atoms with Crippen molar-refractivity contribution < 1.29 is 24.0 Å². The highest BCUT2D eigenvalue weighted by Gasteiger charge is 2.25. The van der Waals surface area contributed by atoms with E-state index in [1.807, 2.05) is 0 Å². The Morgan fingerprint density at radius 2 is 2.04 bits per heavy atom. The Balaban J connectivity index is 2.98. The van der Waals surface area contributed by atoms with Crippen LogP contribution in [0.15, 0.2) is 18.2 Å². The number of benzene rings is 1. The van der Waals surface area contributed by atoms with Gasteiger partial charge in [-0.2, -0.15) is 0 Å². The van der Waals surface area contributed by atoms with Crippen LogP contribution in [0.5, 0.6) is 5.75 Å². The molecule has 10 nitrogen and oxygen atoms in total. The van der Waals surface area contributed by atoms with Crippen LogP contribution in [0.25, 0.3) is 0 Å². The molecular weight excluding hydrogens is 308 g/mol. The number of nitrogens with one attached hydrogen (secondary N) is 1. The number of methoxy groups -OCH3 is 1. The van der Waals surface area contributed by atoms with Crippen molar-refractivity contribution in [1.82, 2.24) is 4.90 Å². The van der Waals surface area contributed by atoms with E-state index >= 15 is 0 Å². The first-order valence-electron chi connectivity index (χ1n) is 6.47. The van der Waals surface area contributed by atoms with E-state index in [-0.39, 0.29) is 30.2 Å². The van der Waals surface area contributed by atoms with Crippen molar-refractivity contribution in [3.63, 3.8) is 0 Å². The molecule has 1 rings (SSSR count). The number of nitrogens with zero attached hydrogens (tertiary/aromatic N) is 2. The van der Waals surface area contributed by atoms with Gasteiger partial charge in [0.2, 0.25) is 5.91 Å². The largest absolute Gasteiger partial charge is 0.494 e. The zero-order chi connectivity index (χ0) is 17.6. The summed E-state index contributed by atoms with van der Waals surface area (Å²) in [5, 5.41) is 12.9. The summed E-state index contributed by atoms with van der Waals surface area (Å²) in [5.41, 5.74) is 5.11. The summed E-state index contributed by atoms with van der Waals surface area (Å²) in [6.45, 7) is 1.05. The normalized spacial score (nSPS) is 9.87. The van der Waals surface area contributed by atoms with Gasteiger partial charge in [-0.25, -0.2) is 0 Å². The molecule has 0 atom stereocenters. The molecule has 1 aromatic carbocycles. The van der Waals surface area contributed by atoms with Crippen LogP contribution in [0.2, 0.25) is 0 Å². The van der Waals surface area contributed by atoms with E-state index in [2.05, 4.69) is 5.32 Å². The zero-order valence-corrected chi connectivity index (χ0v) is 12.6. The first-order chi connectivity index (χ1) is 10.8. The van der Waals surface area contributed by atoms with Gasteiger partial charge in [0.15, 0.2) is 0 Å². The smallest absolute Gasteiger partial charge is 0.318 e. The number of carbonyl (C=O) groups excluding carboxylic acids is 3. The minimum Gasteiger partial charge on any atom is -0.494 e. The van der Waals surface area contributed by atoms with Crippen LogP contribution in [0.3, 0.4) is 0 Å². The number of carbonyl (C=O) groups is 3. The Labute approximate surface area is 131 Å². The maximum atomic E-state index is 11.9. The molecule has 0 saturated carbocycles. The third kappa shape index (κ3) is 4.48. The Hall–Kier alpha value is -3.01. The van der Waals surface area contributed by atoms with Gasteiger partial charge in [-0.05, 0) is 6.07 Å².